The van der Waals surface area contributed by atoms with E-state index in [1.54, 1.807) is 11.8 Å². The summed E-state index contributed by atoms with van der Waals surface area (Å²) in [4.78, 5) is 0. The van der Waals surface area contributed by atoms with E-state index in [1.165, 1.54) is 0 Å². The van der Waals surface area contributed by atoms with E-state index < -0.39 is 0 Å². The Labute approximate surface area is 160 Å². The topological polar surface area (TPSA) is 78.9 Å². The summed E-state index contributed by atoms with van der Waals surface area (Å²) >= 11 is 5.91. The fraction of sp³-hybridized carbons (Fsp3) is 0.158. The second-order valence-corrected chi connectivity index (χ2v) is 6.35. The highest BCUT2D eigenvalue weighted by Gasteiger charge is 2.19. The standard InChI is InChI=1S/C19H16ClN5O2/c1-12-18(22-24-25(12)15-5-3-4-6-16(15)26-2)19-23-21-17(27-19)11-13-7-9-14(20)10-8-13/h3-10H,11H2,1-2H3. The minimum absolute atomic E-state index is 0.331. The minimum atomic E-state index is 0.331. The lowest BCUT2D eigenvalue weighted by Gasteiger charge is -2.08. The summed E-state index contributed by atoms with van der Waals surface area (Å²) in [7, 11) is 1.62. The van der Waals surface area contributed by atoms with Gasteiger partial charge in [-0.2, -0.15) is 0 Å². The summed E-state index contributed by atoms with van der Waals surface area (Å²) in [6.45, 7) is 1.89. The molecule has 0 atom stereocenters. The Bertz CT molecular complexity index is 1070. The van der Waals surface area contributed by atoms with Crippen molar-refractivity contribution in [2.75, 3.05) is 7.11 Å². The molecule has 0 aliphatic rings. The van der Waals surface area contributed by atoms with Gasteiger partial charge in [0.15, 0.2) is 5.69 Å². The van der Waals surface area contributed by atoms with Crippen molar-refractivity contribution in [2.45, 2.75) is 13.3 Å². The molecule has 0 aliphatic carbocycles. The van der Waals surface area contributed by atoms with Gasteiger partial charge in [-0.15, -0.1) is 15.3 Å². The van der Waals surface area contributed by atoms with E-state index in [0.29, 0.717) is 34.7 Å². The second kappa shape index (κ2) is 7.20. The first-order valence-corrected chi connectivity index (χ1v) is 8.66. The third-order valence-electron chi connectivity index (χ3n) is 4.15. The molecule has 0 radical (unpaired) electrons. The zero-order valence-electron chi connectivity index (χ0n) is 14.8. The monoisotopic (exact) mass is 381 g/mol. The highest BCUT2D eigenvalue weighted by Crippen LogP contribution is 2.27. The Morgan fingerprint density at radius 1 is 1.04 bits per heavy atom. The quantitative estimate of drug-likeness (QED) is 0.522. The maximum atomic E-state index is 5.91. The van der Waals surface area contributed by atoms with E-state index in [1.807, 2.05) is 55.5 Å². The van der Waals surface area contributed by atoms with Crippen molar-refractivity contribution in [3.05, 3.63) is 70.7 Å². The number of rotatable bonds is 5. The molecule has 0 spiro atoms. The number of para-hydroxylation sites is 2. The SMILES string of the molecule is COc1ccccc1-n1nnc(-c2nnc(Cc3ccc(Cl)cc3)o2)c1C. The van der Waals surface area contributed by atoms with Gasteiger partial charge in [0.1, 0.15) is 11.4 Å². The number of nitrogens with zero attached hydrogens (tertiary/aromatic N) is 5. The normalized spacial score (nSPS) is 10.9. The first-order valence-electron chi connectivity index (χ1n) is 8.28. The molecule has 7 nitrogen and oxygen atoms in total. The molecule has 2 aromatic heterocycles. The Balaban J connectivity index is 1.62. The number of aromatic nitrogens is 5. The van der Waals surface area contributed by atoms with Crippen LogP contribution in [0.3, 0.4) is 0 Å². The van der Waals surface area contributed by atoms with Crippen molar-refractivity contribution >= 4 is 11.6 Å². The summed E-state index contributed by atoms with van der Waals surface area (Å²) in [5.41, 5.74) is 3.14. The number of ether oxygens (including phenoxy) is 1. The molecule has 0 aliphatic heterocycles. The van der Waals surface area contributed by atoms with Crippen LogP contribution in [-0.2, 0) is 6.42 Å². The predicted octanol–water partition coefficient (Wildman–Crippen LogP) is 3.88. The lowest BCUT2D eigenvalue weighted by Crippen LogP contribution is -2.01. The van der Waals surface area contributed by atoms with Crippen LogP contribution in [0.5, 0.6) is 5.75 Å². The third-order valence-corrected chi connectivity index (χ3v) is 4.40. The molecule has 27 heavy (non-hydrogen) atoms. The van der Waals surface area contributed by atoms with E-state index >= 15 is 0 Å². The summed E-state index contributed by atoms with van der Waals surface area (Å²) < 4.78 is 12.9. The third kappa shape index (κ3) is 3.41. The smallest absolute Gasteiger partial charge is 0.270 e. The Kier molecular flexibility index (Phi) is 4.60. The summed E-state index contributed by atoms with van der Waals surface area (Å²) in [5, 5.41) is 17.4. The van der Waals surface area contributed by atoms with Gasteiger partial charge in [0.05, 0.1) is 19.2 Å². The zero-order chi connectivity index (χ0) is 18.8. The van der Waals surface area contributed by atoms with Gasteiger partial charge in [-0.3, -0.25) is 0 Å². The molecule has 2 aromatic carbocycles. The van der Waals surface area contributed by atoms with Gasteiger partial charge < -0.3 is 9.15 Å². The van der Waals surface area contributed by atoms with Crippen LogP contribution < -0.4 is 4.74 Å². The van der Waals surface area contributed by atoms with Crippen molar-refractivity contribution in [1.82, 2.24) is 25.2 Å². The molecule has 4 rings (SSSR count). The molecular weight excluding hydrogens is 366 g/mol. The van der Waals surface area contributed by atoms with Crippen molar-refractivity contribution in [3.8, 4) is 23.0 Å². The van der Waals surface area contributed by atoms with Gasteiger partial charge in [0.2, 0.25) is 5.89 Å². The molecular formula is C19H16ClN5O2. The number of methoxy groups -OCH3 is 1. The van der Waals surface area contributed by atoms with E-state index in [2.05, 4.69) is 20.5 Å². The number of benzene rings is 2. The van der Waals surface area contributed by atoms with Crippen LogP contribution in [-0.4, -0.2) is 32.3 Å². The molecule has 0 saturated carbocycles. The maximum Gasteiger partial charge on any atom is 0.270 e. The van der Waals surface area contributed by atoms with E-state index in [9.17, 15) is 0 Å². The molecule has 136 valence electrons. The Morgan fingerprint density at radius 2 is 1.81 bits per heavy atom. The van der Waals surface area contributed by atoms with Gasteiger partial charge >= 0.3 is 0 Å². The molecule has 0 bridgehead atoms. The zero-order valence-corrected chi connectivity index (χ0v) is 15.5. The van der Waals surface area contributed by atoms with E-state index in [-0.39, 0.29) is 0 Å². The van der Waals surface area contributed by atoms with Gasteiger partial charge in [-0.05, 0) is 36.8 Å². The highest BCUT2D eigenvalue weighted by atomic mass is 35.5. The Morgan fingerprint density at radius 3 is 2.59 bits per heavy atom. The van der Waals surface area contributed by atoms with Crippen molar-refractivity contribution in [3.63, 3.8) is 0 Å². The minimum Gasteiger partial charge on any atom is -0.494 e. The van der Waals surface area contributed by atoms with E-state index in [0.717, 1.165) is 16.9 Å². The van der Waals surface area contributed by atoms with Crippen LogP contribution in [0.4, 0.5) is 0 Å². The van der Waals surface area contributed by atoms with Crippen LogP contribution in [0.2, 0.25) is 5.02 Å². The largest absolute Gasteiger partial charge is 0.494 e. The van der Waals surface area contributed by atoms with Crippen LogP contribution >= 0.6 is 11.6 Å². The molecule has 0 N–H and O–H groups in total. The molecule has 8 heteroatoms. The van der Waals surface area contributed by atoms with Gasteiger partial charge in [0, 0.05) is 5.02 Å². The van der Waals surface area contributed by atoms with Crippen molar-refractivity contribution < 1.29 is 9.15 Å². The van der Waals surface area contributed by atoms with Crippen LogP contribution in [0.1, 0.15) is 17.1 Å². The summed E-state index contributed by atoms with van der Waals surface area (Å²) in [6, 6.07) is 15.1. The average Bonchev–Trinajstić information content (AvgIpc) is 3.30. The summed E-state index contributed by atoms with van der Waals surface area (Å²) in [5.74, 6) is 1.53. The summed E-state index contributed by atoms with van der Waals surface area (Å²) in [6.07, 6.45) is 0.518. The fourth-order valence-electron chi connectivity index (χ4n) is 2.76. The molecule has 4 aromatic rings. The van der Waals surface area contributed by atoms with Crippen molar-refractivity contribution in [2.24, 2.45) is 0 Å². The molecule has 2 heterocycles. The lowest BCUT2D eigenvalue weighted by molar-refractivity contribution is 0.411. The van der Waals surface area contributed by atoms with Crippen molar-refractivity contribution in [1.29, 1.82) is 0 Å². The first-order chi connectivity index (χ1) is 13.2. The highest BCUT2D eigenvalue weighted by molar-refractivity contribution is 6.30. The maximum absolute atomic E-state index is 5.91. The van der Waals surface area contributed by atoms with Gasteiger partial charge in [0.25, 0.3) is 5.89 Å². The molecule has 0 unspecified atom stereocenters. The second-order valence-electron chi connectivity index (χ2n) is 5.91. The Hall–Kier alpha value is -3.19. The molecule has 0 fully saturated rings. The lowest BCUT2D eigenvalue weighted by atomic mass is 10.1. The first kappa shape index (κ1) is 17.2. The van der Waals surface area contributed by atoms with E-state index in [4.69, 9.17) is 20.8 Å². The molecule has 0 amide bonds. The van der Waals surface area contributed by atoms with Gasteiger partial charge in [-0.25, -0.2) is 4.68 Å². The number of halogens is 1. The fourth-order valence-corrected chi connectivity index (χ4v) is 2.88. The van der Waals surface area contributed by atoms with Crippen LogP contribution in [0.25, 0.3) is 17.3 Å². The van der Waals surface area contributed by atoms with Crippen LogP contribution in [0, 0.1) is 6.92 Å². The van der Waals surface area contributed by atoms with Gasteiger partial charge in [-0.1, -0.05) is 41.1 Å². The average molecular weight is 382 g/mol. The number of hydrogen-bond donors (Lipinski definition) is 0. The van der Waals surface area contributed by atoms with Crippen LogP contribution in [0.15, 0.2) is 52.9 Å². The molecule has 0 saturated heterocycles. The predicted molar refractivity (Wildman–Crippen MR) is 100 cm³/mol. The number of hydrogen-bond acceptors (Lipinski definition) is 6.